The van der Waals surface area contributed by atoms with E-state index in [4.69, 9.17) is 11.6 Å². The number of pyridine rings is 1. The number of carbonyl (C=O) groups is 1. The molecule has 0 unspecified atom stereocenters. The Kier molecular flexibility index (Phi) is 5.75. The topological polar surface area (TPSA) is 113 Å². The molecule has 1 aromatic carbocycles. The van der Waals surface area contributed by atoms with E-state index in [2.05, 4.69) is 42.2 Å². The van der Waals surface area contributed by atoms with Gasteiger partial charge in [0.2, 0.25) is 11.9 Å². The van der Waals surface area contributed by atoms with Gasteiger partial charge >= 0.3 is 0 Å². The van der Waals surface area contributed by atoms with Crippen molar-refractivity contribution in [3.05, 3.63) is 90.6 Å². The number of para-hydroxylation sites is 1. The van der Waals surface area contributed by atoms with Gasteiger partial charge in [-0.2, -0.15) is 5.10 Å². The SMILES string of the molecule is C=CC(=O)Nc1ccc(Cn2cc(Nc3ncc(Cl)c(-c4c[nH]c5ccccc45)n3)cn2)cn1. The molecular weight excluding hydrogens is 452 g/mol. The van der Waals surface area contributed by atoms with Crippen LogP contribution in [-0.2, 0) is 11.3 Å². The van der Waals surface area contributed by atoms with E-state index in [-0.39, 0.29) is 5.91 Å². The van der Waals surface area contributed by atoms with Gasteiger partial charge in [-0.3, -0.25) is 9.48 Å². The maximum atomic E-state index is 11.4. The number of rotatable bonds is 7. The summed E-state index contributed by atoms with van der Waals surface area (Å²) < 4.78 is 1.76. The van der Waals surface area contributed by atoms with Gasteiger partial charge in [-0.25, -0.2) is 15.0 Å². The Bertz CT molecular complexity index is 1490. The molecule has 0 aliphatic carbocycles. The van der Waals surface area contributed by atoms with Gasteiger partial charge in [0.05, 0.1) is 35.3 Å². The Morgan fingerprint density at radius 3 is 2.85 bits per heavy atom. The van der Waals surface area contributed by atoms with Gasteiger partial charge in [0.25, 0.3) is 0 Å². The normalized spacial score (nSPS) is 10.9. The number of nitrogens with one attached hydrogen (secondary N) is 3. The highest BCUT2D eigenvalue weighted by Gasteiger charge is 2.13. The molecule has 0 bridgehead atoms. The van der Waals surface area contributed by atoms with Crippen LogP contribution < -0.4 is 10.6 Å². The van der Waals surface area contributed by atoms with E-state index in [9.17, 15) is 4.79 Å². The van der Waals surface area contributed by atoms with Crippen molar-refractivity contribution in [3.63, 3.8) is 0 Å². The molecule has 0 atom stereocenters. The molecule has 0 aliphatic heterocycles. The maximum absolute atomic E-state index is 11.4. The van der Waals surface area contributed by atoms with Crippen LogP contribution in [0, 0.1) is 0 Å². The second-order valence-electron chi connectivity index (χ2n) is 7.43. The van der Waals surface area contributed by atoms with Gasteiger partial charge in [-0.1, -0.05) is 42.4 Å². The summed E-state index contributed by atoms with van der Waals surface area (Å²) in [5, 5.41) is 11.7. The molecule has 1 amide bonds. The number of carbonyl (C=O) groups excluding carboxylic acids is 1. The highest BCUT2D eigenvalue weighted by atomic mass is 35.5. The van der Waals surface area contributed by atoms with Crippen LogP contribution in [0.1, 0.15) is 5.56 Å². The molecule has 4 heterocycles. The Balaban J connectivity index is 1.31. The summed E-state index contributed by atoms with van der Waals surface area (Å²) >= 11 is 6.42. The Morgan fingerprint density at radius 1 is 1.15 bits per heavy atom. The van der Waals surface area contributed by atoms with E-state index in [0.29, 0.717) is 29.0 Å². The van der Waals surface area contributed by atoms with Crippen molar-refractivity contribution in [2.75, 3.05) is 10.6 Å². The lowest BCUT2D eigenvalue weighted by atomic mass is 10.1. The zero-order chi connectivity index (χ0) is 23.5. The summed E-state index contributed by atoms with van der Waals surface area (Å²) in [5.74, 6) is 0.566. The van der Waals surface area contributed by atoms with Crippen molar-refractivity contribution >= 4 is 45.9 Å². The van der Waals surface area contributed by atoms with Gasteiger partial charge in [-0.15, -0.1) is 0 Å². The van der Waals surface area contributed by atoms with Gasteiger partial charge < -0.3 is 15.6 Å². The second kappa shape index (κ2) is 9.16. The molecule has 4 aromatic heterocycles. The van der Waals surface area contributed by atoms with Crippen molar-refractivity contribution in [1.82, 2.24) is 29.7 Å². The van der Waals surface area contributed by atoms with E-state index in [1.54, 1.807) is 29.3 Å². The zero-order valence-corrected chi connectivity index (χ0v) is 18.6. The standard InChI is InChI=1S/C24H19ClN8O/c1-2-22(34)31-21-8-7-15(9-27-21)13-33-14-16(10-29-33)30-24-28-12-19(25)23(32-24)18-11-26-20-6-4-3-5-17(18)20/h2-12,14,26H,1,13H2,(H,27,31,34)(H,28,30,32). The molecular formula is C24H19ClN8O. The van der Waals surface area contributed by atoms with Gasteiger partial charge in [0, 0.05) is 35.1 Å². The predicted molar refractivity (Wildman–Crippen MR) is 132 cm³/mol. The number of hydrogen-bond acceptors (Lipinski definition) is 6. The van der Waals surface area contributed by atoms with E-state index in [1.165, 1.54) is 6.08 Å². The van der Waals surface area contributed by atoms with Gasteiger partial charge in [0.15, 0.2) is 0 Å². The molecule has 5 rings (SSSR count). The Morgan fingerprint density at radius 2 is 2.03 bits per heavy atom. The first-order valence-corrected chi connectivity index (χ1v) is 10.7. The largest absolute Gasteiger partial charge is 0.360 e. The molecule has 5 aromatic rings. The minimum Gasteiger partial charge on any atom is -0.360 e. The van der Waals surface area contributed by atoms with Crippen molar-refractivity contribution in [1.29, 1.82) is 0 Å². The highest BCUT2D eigenvalue weighted by molar-refractivity contribution is 6.33. The minimum atomic E-state index is -0.305. The van der Waals surface area contributed by atoms with E-state index >= 15 is 0 Å². The smallest absolute Gasteiger partial charge is 0.248 e. The van der Waals surface area contributed by atoms with Crippen LogP contribution in [0.25, 0.3) is 22.2 Å². The van der Waals surface area contributed by atoms with Gasteiger partial charge in [-0.05, 0) is 23.8 Å². The van der Waals surface area contributed by atoms with Crippen molar-refractivity contribution in [3.8, 4) is 11.3 Å². The Hall–Kier alpha value is -4.50. The van der Waals surface area contributed by atoms with Crippen LogP contribution in [0.3, 0.4) is 0 Å². The number of fused-ring (bicyclic) bond motifs is 1. The molecule has 3 N–H and O–H groups in total. The van der Waals surface area contributed by atoms with E-state index in [0.717, 1.165) is 27.7 Å². The maximum Gasteiger partial charge on any atom is 0.248 e. The molecule has 0 saturated heterocycles. The van der Waals surface area contributed by atoms with Gasteiger partial charge in [0.1, 0.15) is 5.82 Å². The summed E-state index contributed by atoms with van der Waals surface area (Å²) in [5.41, 5.74) is 4.21. The van der Waals surface area contributed by atoms with E-state index < -0.39 is 0 Å². The minimum absolute atomic E-state index is 0.305. The highest BCUT2D eigenvalue weighted by Crippen LogP contribution is 2.32. The molecule has 0 saturated carbocycles. The molecule has 9 nitrogen and oxygen atoms in total. The average molecular weight is 471 g/mol. The third kappa shape index (κ3) is 4.50. The van der Waals surface area contributed by atoms with Crippen LogP contribution >= 0.6 is 11.6 Å². The Labute approximate surface area is 199 Å². The predicted octanol–water partition coefficient (Wildman–Crippen LogP) is 4.79. The molecule has 0 spiro atoms. The molecule has 10 heteroatoms. The third-order valence-corrected chi connectivity index (χ3v) is 5.36. The molecule has 0 aliphatic rings. The lowest BCUT2D eigenvalue weighted by Gasteiger charge is -2.06. The molecule has 0 fully saturated rings. The monoisotopic (exact) mass is 470 g/mol. The summed E-state index contributed by atoms with van der Waals surface area (Å²) in [4.78, 5) is 27.8. The zero-order valence-electron chi connectivity index (χ0n) is 17.9. The van der Waals surface area contributed by atoms with Crippen LogP contribution in [0.15, 0.2) is 80.0 Å². The number of H-pyrrole nitrogens is 1. The number of halogens is 1. The third-order valence-electron chi connectivity index (χ3n) is 5.08. The van der Waals surface area contributed by atoms with Crippen LogP contribution in [-0.4, -0.2) is 35.6 Å². The number of anilines is 3. The first-order chi connectivity index (χ1) is 16.6. The average Bonchev–Trinajstić information content (AvgIpc) is 3.48. The van der Waals surface area contributed by atoms with Crippen LogP contribution in [0.4, 0.5) is 17.5 Å². The van der Waals surface area contributed by atoms with Crippen molar-refractivity contribution in [2.24, 2.45) is 0 Å². The lowest BCUT2D eigenvalue weighted by molar-refractivity contribution is -0.111. The molecule has 168 valence electrons. The number of aromatic nitrogens is 6. The summed E-state index contributed by atoms with van der Waals surface area (Å²) in [6, 6.07) is 11.6. The quantitative estimate of drug-likeness (QED) is 0.295. The van der Waals surface area contributed by atoms with E-state index in [1.807, 2.05) is 42.7 Å². The molecule has 34 heavy (non-hydrogen) atoms. The van der Waals surface area contributed by atoms with Crippen molar-refractivity contribution in [2.45, 2.75) is 6.54 Å². The van der Waals surface area contributed by atoms with Crippen LogP contribution in [0.5, 0.6) is 0 Å². The molecule has 0 radical (unpaired) electrons. The summed E-state index contributed by atoms with van der Waals surface area (Å²) in [6.45, 7) is 3.93. The summed E-state index contributed by atoms with van der Waals surface area (Å²) in [7, 11) is 0. The van der Waals surface area contributed by atoms with Crippen LogP contribution in [0.2, 0.25) is 5.02 Å². The first-order valence-electron chi connectivity index (χ1n) is 10.4. The fourth-order valence-corrected chi connectivity index (χ4v) is 3.68. The fourth-order valence-electron chi connectivity index (χ4n) is 3.48. The summed E-state index contributed by atoms with van der Waals surface area (Å²) in [6.07, 6.45) is 9.89. The first kappa shape index (κ1) is 21.4. The number of aromatic amines is 1. The number of nitrogens with zero attached hydrogens (tertiary/aromatic N) is 5. The number of benzene rings is 1. The van der Waals surface area contributed by atoms with Crippen molar-refractivity contribution < 1.29 is 4.79 Å². The second-order valence-corrected chi connectivity index (χ2v) is 7.84. The fraction of sp³-hybridized carbons (Fsp3) is 0.0417. The lowest BCUT2D eigenvalue weighted by Crippen LogP contribution is -2.09. The number of amides is 1. The number of hydrogen-bond donors (Lipinski definition) is 3.